The maximum Gasteiger partial charge on any atom is 0.246 e. The minimum atomic E-state index is -4.25. The Kier molecular flexibility index (Phi) is 4.40. The molecule has 1 aromatic heterocycles. The molecule has 0 aliphatic carbocycles. The van der Waals surface area contributed by atoms with Gasteiger partial charge in [0, 0.05) is 7.05 Å². The average molecular weight is 317 g/mol. The van der Waals surface area contributed by atoms with Crippen molar-refractivity contribution in [3.05, 3.63) is 53.5 Å². The van der Waals surface area contributed by atoms with Gasteiger partial charge in [-0.05, 0) is 29.8 Å². The van der Waals surface area contributed by atoms with Crippen molar-refractivity contribution in [2.24, 2.45) is 0 Å². The monoisotopic (exact) mass is 317 g/mol. The van der Waals surface area contributed by atoms with Crippen LogP contribution in [-0.2, 0) is 23.2 Å². The third-order valence-corrected chi connectivity index (χ3v) is 4.69. The van der Waals surface area contributed by atoms with Crippen LogP contribution >= 0.6 is 0 Å². The highest BCUT2D eigenvalue weighted by Crippen LogP contribution is 2.23. The van der Waals surface area contributed by atoms with Gasteiger partial charge in [0.15, 0.2) is 11.6 Å². The van der Waals surface area contributed by atoms with Gasteiger partial charge in [-0.1, -0.05) is 0 Å². The lowest BCUT2D eigenvalue weighted by molar-refractivity contribution is 0.280. The Morgan fingerprint density at radius 2 is 2.05 bits per heavy atom. The highest BCUT2D eigenvalue weighted by atomic mass is 32.2. The van der Waals surface area contributed by atoms with Crippen LogP contribution < -0.4 is 0 Å². The largest absolute Gasteiger partial charge is 0.468 e. The first-order valence-corrected chi connectivity index (χ1v) is 7.37. The van der Waals surface area contributed by atoms with E-state index in [2.05, 4.69) is 0 Å². The van der Waals surface area contributed by atoms with Crippen molar-refractivity contribution in [1.29, 1.82) is 0 Å². The molecule has 0 spiro atoms. The van der Waals surface area contributed by atoms with E-state index in [0.717, 1.165) is 16.4 Å². The van der Waals surface area contributed by atoms with Crippen LogP contribution in [0.15, 0.2) is 39.8 Å². The zero-order valence-electron chi connectivity index (χ0n) is 11.1. The van der Waals surface area contributed by atoms with Crippen LogP contribution in [0.2, 0.25) is 0 Å². The second-order valence-corrected chi connectivity index (χ2v) is 6.40. The number of hydrogen-bond acceptors (Lipinski definition) is 4. The summed E-state index contributed by atoms with van der Waals surface area (Å²) in [7, 11) is -3.03. The Morgan fingerprint density at radius 3 is 2.62 bits per heavy atom. The second-order valence-electron chi connectivity index (χ2n) is 4.39. The molecule has 1 N–H and O–H groups in total. The van der Waals surface area contributed by atoms with Gasteiger partial charge in [-0.15, -0.1) is 0 Å². The summed E-state index contributed by atoms with van der Waals surface area (Å²) in [6.45, 7) is -0.721. The van der Waals surface area contributed by atoms with Crippen LogP contribution in [0.1, 0.15) is 11.3 Å². The molecule has 21 heavy (non-hydrogen) atoms. The average Bonchev–Trinajstić information content (AvgIpc) is 2.94. The lowest BCUT2D eigenvalue weighted by Crippen LogP contribution is -2.27. The predicted octanol–water partition coefficient (Wildman–Crippen LogP) is 1.87. The molecule has 0 amide bonds. The summed E-state index contributed by atoms with van der Waals surface area (Å²) in [5.41, 5.74) is -0.0288. The number of furan rings is 1. The molecule has 1 aromatic carbocycles. The van der Waals surface area contributed by atoms with E-state index in [9.17, 15) is 17.2 Å². The van der Waals surface area contributed by atoms with E-state index in [1.165, 1.54) is 13.3 Å². The number of sulfonamides is 1. The minimum absolute atomic E-state index is 0.0288. The number of halogens is 2. The fourth-order valence-electron chi connectivity index (χ4n) is 1.77. The third kappa shape index (κ3) is 3.12. The summed E-state index contributed by atoms with van der Waals surface area (Å²) in [5.74, 6) is -2.44. The number of aliphatic hydroxyl groups excluding tert-OH is 1. The number of benzene rings is 1. The Balaban J connectivity index is 2.41. The Labute approximate surface area is 120 Å². The molecule has 0 aliphatic rings. The lowest BCUT2D eigenvalue weighted by Gasteiger charge is -2.17. The third-order valence-electron chi connectivity index (χ3n) is 2.88. The van der Waals surface area contributed by atoms with E-state index < -0.39 is 33.2 Å². The van der Waals surface area contributed by atoms with E-state index in [0.29, 0.717) is 5.76 Å². The van der Waals surface area contributed by atoms with Gasteiger partial charge in [0.2, 0.25) is 10.0 Å². The molecule has 0 atom stereocenters. The standard InChI is InChI=1S/C13H13F2NO4S/c1-16(7-10-3-2-4-20-10)21(18,19)12-6-9(8-17)5-11(14)13(12)15/h2-6,17H,7-8H2,1H3. The quantitative estimate of drug-likeness (QED) is 0.914. The van der Waals surface area contributed by atoms with Gasteiger partial charge in [0.1, 0.15) is 10.7 Å². The summed E-state index contributed by atoms with van der Waals surface area (Å²) in [6.07, 6.45) is 1.38. The fraction of sp³-hybridized carbons (Fsp3) is 0.231. The van der Waals surface area contributed by atoms with Crippen molar-refractivity contribution >= 4 is 10.0 Å². The van der Waals surface area contributed by atoms with Crippen LogP contribution in [0.4, 0.5) is 8.78 Å². The first-order chi connectivity index (χ1) is 9.86. The molecule has 114 valence electrons. The van der Waals surface area contributed by atoms with Gasteiger partial charge in [-0.25, -0.2) is 17.2 Å². The molecule has 5 nitrogen and oxygen atoms in total. The zero-order chi connectivity index (χ0) is 15.6. The van der Waals surface area contributed by atoms with Crippen molar-refractivity contribution in [2.45, 2.75) is 18.0 Å². The smallest absolute Gasteiger partial charge is 0.246 e. The molecule has 2 rings (SSSR count). The maximum absolute atomic E-state index is 13.8. The maximum atomic E-state index is 13.8. The molecule has 1 heterocycles. The molecule has 8 heteroatoms. The number of nitrogens with zero attached hydrogens (tertiary/aromatic N) is 1. The van der Waals surface area contributed by atoms with Crippen LogP contribution in [0.25, 0.3) is 0 Å². The number of hydrogen-bond donors (Lipinski definition) is 1. The minimum Gasteiger partial charge on any atom is -0.468 e. The first-order valence-electron chi connectivity index (χ1n) is 5.93. The van der Waals surface area contributed by atoms with Gasteiger partial charge in [0.25, 0.3) is 0 Å². The van der Waals surface area contributed by atoms with Crippen molar-refractivity contribution in [3.8, 4) is 0 Å². The summed E-state index contributed by atoms with van der Waals surface area (Å²) < 4.78 is 57.6. The summed E-state index contributed by atoms with van der Waals surface area (Å²) >= 11 is 0. The highest BCUT2D eigenvalue weighted by Gasteiger charge is 2.27. The van der Waals surface area contributed by atoms with E-state index in [-0.39, 0.29) is 12.1 Å². The van der Waals surface area contributed by atoms with Crippen LogP contribution in [-0.4, -0.2) is 24.9 Å². The molecule has 0 saturated carbocycles. The second kappa shape index (κ2) is 5.92. The number of aliphatic hydroxyl groups is 1. The normalized spacial score (nSPS) is 12.0. The van der Waals surface area contributed by atoms with Crippen LogP contribution in [0, 0.1) is 11.6 Å². The van der Waals surface area contributed by atoms with Gasteiger partial charge in [-0.2, -0.15) is 4.31 Å². The Hall–Kier alpha value is -1.77. The molecule has 0 fully saturated rings. The van der Waals surface area contributed by atoms with Crippen LogP contribution in [0.5, 0.6) is 0 Å². The zero-order valence-corrected chi connectivity index (χ0v) is 11.9. The Bertz CT molecular complexity index is 729. The van der Waals surface area contributed by atoms with E-state index in [1.807, 2.05) is 0 Å². The van der Waals surface area contributed by atoms with Gasteiger partial charge >= 0.3 is 0 Å². The summed E-state index contributed by atoms with van der Waals surface area (Å²) in [4.78, 5) is -0.819. The first kappa shape index (κ1) is 15.6. The Morgan fingerprint density at radius 1 is 1.33 bits per heavy atom. The highest BCUT2D eigenvalue weighted by molar-refractivity contribution is 7.89. The summed E-state index contributed by atoms with van der Waals surface area (Å²) in [5, 5.41) is 8.98. The van der Waals surface area contributed by atoms with Gasteiger partial charge in [0.05, 0.1) is 19.4 Å². The fourth-order valence-corrected chi connectivity index (χ4v) is 3.03. The molecule has 0 unspecified atom stereocenters. The van der Waals surface area contributed by atoms with Crippen LogP contribution in [0.3, 0.4) is 0 Å². The number of rotatable bonds is 5. The van der Waals surface area contributed by atoms with Crippen molar-refractivity contribution in [1.82, 2.24) is 4.31 Å². The van der Waals surface area contributed by atoms with Gasteiger partial charge < -0.3 is 9.52 Å². The molecule has 0 radical (unpaired) electrons. The molecule has 0 bridgehead atoms. The lowest BCUT2D eigenvalue weighted by atomic mass is 10.2. The van der Waals surface area contributed by atoms with Crippen molar-refractivity contribution < 1.29 is 26.7 Å². The topological polar surface area (TPSA) is 70.8 Å². The van der Waals surface area contributed by atoms with Gasteiger partial charge in [-0.3, -0.25) is 0 Å². The molecular formula is C13H13F2NO4S. The molecule has 0 saturated heterocycles. The van der Waals surface area contributed by atoms with E-state index in [1.54, 1.807) is 12.1 Å². The SMILES string of the molecule is CN(Cc1ccco1)S(=O)(=O)c1cc(CO)cc(F)c1F. The molecule has 0 aliphatic heterocycles. The van der Waals surface area contributed by atoms with E-state index in [4.69, 9.17) is 9.52 Å². The summed E-state index contributed by atoms with van der Waals surface area (Å²) in [6, 6.07) is 4.81. The predicted molar refractivity (Wildman–Crippen MR) is 69.6 cm³/mol. The van der Waals surface area contributed by atoms with E-state index >= 15 is 0 Å². The van der Waals surface area contributed by atoms with Crippen molar-refractivity contribution in [3.63, 3.8) is 0 Å². The van der Waals surface area contributed by atoms with Crippen molar-refractivity contribution in [2.75, 3.05) is 7.05 Å². The molecular weight excluding hydrogens is 304 g/mol. The molecule has 2 aromatic rings.